The van der Waals surface area contributed by atoms with Gasteiger partial charge < -0.3 is 5.73 Å². The number of nitrogens with zero attached hydrogens (tertiary/aromatic N) is 1. The Morgan fingerprint density at radius 1 is 1.45 bits per heavy atom. The molecule has 3 heteroatoms. The zero-order valence-electron chi connectivity index (χ0n) is 6.09. The van der Waals surface area contributed by atoms with Gasteiger partial charge in [0, 0.05) is 0 Å². The van der Waals surface area contributed by atoms with Crippen LogP contribution in [0.15, 0.2) is 18.2 Å². The predicted molar refractivity (Wildman–Crippen MR) is 47.1 cm³/mol. The normalized spacial score (nSPS) is 10.6. The molecule has 2 nitrogen and oxygen atoms in total. The summed E-state index contributed by atoms with van der Waals surface area (Å²) in [4.78, 5) is 4.27. The molecule has 0 amide bonds. The third-order valence-corrected chi connectivity index (χ3v) is 2.45. The lowest BCUT2D eigenvalue weighted by atomic mass is 10.3. The quantitative estimate of drug-likeness (QED) is 0.588. The zero-order chi connectivity index (χ0) is 7.84. The van der Waals surface area contributed by atoms with Crippen LogP contribution in [-0.2, 0) is 0 Å². The monoisotopic (exact) mass is 163 g/mol. The number of fused-ring (bicyclic) bond motifs is 1. The van der Waals surface area contributed by atoms with E-state index in [9.17, 15) is 0 Å². The number of aromatic nitrogens is 1. The van der Waals surface area contributed by atoms with Crippen molar-refractivity contribution in [1.82, 2.24) is 10.7 Å². The smallest absolute Gasteiger partial charge is 0.0907 e. The second kappa shape index (κ2) is 2.20. The second-order valence-electron chi connectivity index (χ2n) is 2.42. The molecule has 0 aliphatic rings. The van der Waals surface area contributed by atoms with E-state index in [4.69, 9.17) is 5.73 Å². The summed E-state index contributed by atoms with van der Waals surface area (Å²) in [7, 11) is 0. The maximum Gasteiger partial charge on any atom is 0.0907 e. The first kappa shape index (κ1) is 6.61. The number of aryl methyl sites for hydroxylation is 1. The fourth-order valence-electron chi connectivity index (χ4n) is 1.04. The van der Waals surface area contributed by atoms with Gasteiger partial charge in [-0.25, -0.2) is 4.98 Å². The highest BCUT2D eigenvalue weighted by molar-refractivity contribution is 7.18. The third kappa shape index (κ3) is 1.07. The molecule has 0 aliphatic carbocycles. The van der Waals surface area contributed by atoms with E-state index in [2.05, 4.69) is 4.98 Å². The van der Waals surface area contributed by atoms with E-state index in [-0.39, 0.29) is 0 Å². The summed E-state index contributed by atoms with van der Waals surface area (Å²) in [5.41, 5.74) is 8.83. The fourth-order valence-corrected chi connectivity index (χ4v) is 1.85. The van der Waals surface area contributed by atoms with Gasteiger partial charge in [-0.05, 0) is 25.1 Å². The van der Waals surface area contributed by atoms with Crippen molar-refractivity contribution >= 4 is 27.2 Å². The lowest BCUT2D eigenvalue weighted by molar-refractivity contribution is 1.34. The standard InChI is InChI=1S/C8H7N2S/c1-5-10-7-4-6(9)2-3-8(7)11-5/h2-4,9H,1H3. The molecule has 0 aliphatic heterocycles. The van der Waals surface area contributed by atoms with Gasteiger partial charge in [0.25, 0.3) is 0 Å². The van der Waals surface area contributed by atoms with Crippen LogP contribution in [0.1, 0.15) is 5.01 Å². The average molecular weight is 163 g/mol. The summed E-state index contributed by atoms with van der Waals surface area (Å²) in [6.45, 7) is 1.98. The minimum Gasteiger partial charge on any atom is -0.301 e. The van der Waals surface area contributed by atoms with Gasteiger partial charge in [-0.2, -0.15) is 0 Å². The maximum absolute atomic E-state index is 7.35. The Hall–Kier alpha value is -1.09. The van der Waals surface area contributed by atoms with Gasteiger partial charge in [-0.1, -0.05) is 0 Å². The van der Waals surface area contributed by atoms with E-state index in [1.807, 2.05) is 13.0 Å². The van der Waals surface area contributed by atoms with Gasteiger partial charge >= 0.3 is 0 Å². The summed E-state index contributed by atoms with van der Waals surface area (Å²) in [6, 6.07) is 5.53. The Balaban J connectivity index is 2.82. The summed E-state index contributed by atoms with van der Waals surface area (Å²) in [5, 5.41) is 1.06. The molecule has 11 heavy (non-hydrogen) atoms. The van der Waals surface area contributed by atoms with Crippen LogP contribution in [-0.4, -0.2) is 4.98 Å². The Morgan fingerprint density at radius 3 is 3.09 bits per heavy atom. The number of rotatable bonds is 0. The molecule has 1 heterocycles. The van der Waals surface area contributed by atoms with Gasteiger partial charge in [-0.15, -0.1) is 11.3 Å². The summed E-state index contributed by atoms with van der Waals surface area (Å²) < 4.78 is 1.17. The molecule has 2 rings (SSSR count). The van der Waals surface area contributed by atoms with Crippen LogP contribution in [0.5, 0.6) is 0 Å². The first-order valence-corrected chi connectivity index (χ1v) is 4.16. The maximum atomic E-state index is 7.35. The molecule has 0 atom stereocenters. The fraction of sp³-hybridized carbons (Fsp3) is 0.125. The minimum absolute atomic E-state index is 0.530. The Morgan fingerprint density at radius 2 is 2.27 bits per heavy atom. The number of benzene rings is 1. The van der Waals surface area contributed by atoms with Crippen molar-refractivity contribution in [2.75, 3.05) is 0 Å². The lowest BCUT2D eigenvalue weighted by Gasteiger charge is -1.87. The van der Waals surface area contributed by atoms with Crippen molar-refractivity contribution in [3.05, 3.63) is 23.2 Å². The van der Waals surface area contributed by atoms with Crippen molar-refractivity contribution in [1.29, 1.82) is 0 Å². The number of nitrogens with one attached hydrogen (secondary N) is 1. The highest BCUT2D eigenvalue weighted by atomic mass is 32.1. The molecule has 0 fully saturated rings. The second-order valence-corrected chi connectivity index (χ2v) is 3.65. The van der Waals surface area contributed by atoms with E-state index < -0.39 is 0 Å². The lowest BCUT2D eigenvalue weighted by Crippen LogP contribution is -1.70. The molecular weight excluding hydrogens is 156 g/mol. The summed E-state index contributed by atoms with van der Waals surface area (Å²) in [6.07, 6.45) is 0. The molecule has 55 valence electrons. The molecule has 0 bridgehead atoms. The van der Waals surface area contributed by atoms with Crippen molar-refractivity contribution in [3.8, 4) is 0 Å². The molecule has 0 unspecified atom stereocenters. The van der Waals surface area contributed by atoms with Gasteiger partial charge in [0.1, 0.15) is 0 Å². The summed E-state index contributed by atoms with van der Waals surface area (Å²) >= 11 is 1.67. The largest absolute Gasteiger partial charge is 0.301 e. The van der Waals surface area contributed by atoms with Crippen molar-refractivity contribution < 1.29 is 0 Å². The van der Waals surface area contributed by atoms with Crippen LogP contribution in [0.3, 0.4) is 0 Å². The Kier molecular flexibility index (Phi) is 1.32. The van der Waals surface area contributed by atoms with Crippen LogP contribution in [0.4, 0.5) is 5.69 Å². The first-order chi connectivity index (χ1) is 5.25. The van der Waals surface area contributed by atoms with Gasteiger partial charge in [0.05, 0.1) is 20.9 Å². The first-order valence-electron chi connectivity index (χ1n) is 3.34. The zero-order valence-corrected chi connectivity index (χ0v) is 6.90. The van der Waals surface area contributed by atoms with Crippen molar-refractivity contribution in [3.63, 3.8) is 0 Å². The molecule has 2 aromatic rings. The number of hydrogen-bond acceptors (Lipinski definition) is 2. The van der Waals surface area contributed by atoms with Gasteiger partial charge in [0.15, 0.2) is 0 Å². The Labute approximate surface area is 68.7 Å². The SMILES string of the molecule is Cc1nc2cc([NH])ccc2s1. The topological polar surface area (TPSA) is 36.7 Å². The molecule has 1 N–H and O–H groups in total. The minimum atomic E-state index is 0.530. The van der Waals surface area contributed by atoms with Crippen molar-refractivity contribution in [2.24, 2.45) is 0 Å². The van der Waals surface area contributed by atoms with Crippen LogP contribution in [0.2, 0.25) is 0 Å². The van der Waals surface area contributed by atoms with Crippen LogP contribution < -0.4 is 5.73 Å². The predicted octanol–water partition coefficient (Wildman–Crippen LogP) is 2.52. The van der Waals surface area contributed by atoms with Crippen LogP contribution >= 0.6 is 11.3 Å². The highest BCUT2D eigenvalue weighted by Crippen LogP contribution is 2.23. The molecule has 1 aromatic carbocycles. The molecule has 1 radical (unpaired) electrons. The van der Waals surface area contributed by atoms with Crippen LogP contribution in [0, 0.1) is 6.92 Å². The van der Waals surface area contributed by atoms with E-state index in [0.717, 1.165) is 10.5 Å². The van der Waals surface area contributed by atoms with E-state index in [1.165, 1.54) is 4.70 Å². The molecule has 0 saturated carbocycles. The number of hydrogen-bond donors (Lipinski definition) is 0. The van der Waals surface area contributed by atoms with Crippen molar-refractivity contribution in [2.45, 2.75) is 6.92 Å². The number of thiazole rings is 1. The van der Waals surface area contributed by atoms with E-state index in [1.54, 1.807) is 23.5 Å². The molecular formula is C8H7N2S. The summed E-state index contributed by atoms with van der Waals surface area (Å²) in [5.74, 6) is 0. The third-order valence-electron chi connectivity index (χ3n) is 1.49. The molecule has 0 saturated heterocycles. The highest BCUT2D eigenvalue weighted by Gasteiger charge is 1.98. The molecule has 1 aromatic heterocycles. The van der Waals surface area contributed by atoms with E-state index in [0.29, 0.717) is 5.69 Å². The average Bonchev–Trinajstić information content (AvgIpc) is 2.27. The van der Waals surface area contributed by atoms with Gasteiger partial charge in [0.2, 0.25) is 0 Å². The molecule has 0 spiro atoms. The van der Waals surface area contributed by atoms with Crippen LogP contribution in [0.25, 0.3) is 10.2 Å². The van der Waals surface area contributed by atoms with Gasteiger partial charge in [-0.3, -0.25) is 0 Å². The van der Waals surface area contributed by atoms with E-state index >= 15 is 0 Å². The Bertz CT molecular complexity index is 392.